The van der Waals surface area contributed by atoms with Gasteiger partial charge < -0.3 is 9.47 Å². The van der Waals surface area contributed by atoms with Gasteiger partial charge in [-0.05, 0) is 29.8 Å². The molecule has 71 valence electrons. The van der Waals surface area contributed by atoms with E-state index >= 15 is 0 Å². The van der Waals surface area contributed by atoms with Crippen LogP contribution < -0.4 is 9.47 Å². The van der Waals surface area contributed by atoms with Crippen molar-refractivity contribution in [3.8, 4) is 11.5 Å². The molecule has 14 heavy (non-hydrogen) atoms. The van der Waals surface area contributed by atoms with Gasteiger partial charge in [-0.3, -0.25) is 4.79 Å². The van der Waals surface area contributed by atoms with Crippen molar-refractivity contribution in [2.75, 3.05) is 6.79 Å². The van der Waals surface area contributed by atoms with E-state index in [4.69, 9.17) is 9.47 Å². The van der Waals surface area contributed by atoms with E-state index in [1.54, 1.807) is 18.4 Å². The lowest BCUT2D eigenvalue weighted by molar-refractivity contribution is 0.174. The van der Waals surface area contributed by atoms with Crippen molar-refractivity contribution in [2.24, 2.45) is 0 Å². The van der Waals surface area contributed by atoms with E-state index in [0.29, 0.717) is 11.5 Å². The SMILES string of the molecule is O=[C]C=Cc1cc2c(cc1Br)OCO2. The Balaban J connectivity index is 2.42. The summed E-state index contributed by atoms with van der Waals surface area (Å²) in [6.07, 6.45) is 4.65. The van der Waals surface area contributed by atoms with Crippen LogP contribution in [0.25, 0.3) is 6.08 Å². The zero-order valence-corrected chi connectivity index (χ0v) is 8.71. The Labute approximate surface area is 89.5 Å². The maximum Gasteiger partial charge on any atom is 0.231 e. The summed E-state index contributed by atoms with van der Waals surface area (Å²) < 4.78 is 11.2. The minimum absolute atomic E-state index is 0.245. The van der Waals surface area contributed by atoms with Crippen LogP contribution in [0.15, 0.2) is 22.7 Å². The van der Waals surface area contributed by atoms with Gasteiger partial charge in [0.05, 0.1) is 0 Å². The zero-order valence-electron chi connectivity index (χ0n) is 7.12. The third-order valence-electron chi connectivity index (χ3n) is 1.82. The van der Waals surface area contributed by atoms with Gasteiger partial charge in [-0.25, -0.2) is 0 Å². The first-order valence-corrected chi connectivity index (χ1v) is 4.74. The molecule has 2 rings (SSSR count). The predicted octanol–water partition coefficient (Wildman–Crippen LogP) is 2.30. The number of allylic oxidation sites excluding steroid dienone is 1. The first-order valence-electron chi connectivity index (χ1n) is 3.94. The normalized spacial score (nSPS) is 13.5. The molecule has 0 aliphatic carbocycles. The molecule has 0 aromatic heterocycles. The monoisotopic (exact) mass is 253 g/mol. The van der Waals surface area contributed by atoms with Crippen LogP contribution in [0.4, 0.5) is 0 Å². The second-order valence-corrected chi connectivity index (χ2v) is 3.53. The van der Waals surface area contributed by atoms with Gasteiger partial charge in [0.1, 0.15) is 0 Å². The van der Waals surface area contributed by atoms with E-state index in [2.05, 4.69) is 15.9 Å². The third kappa shape index (κ3) is 1.65. The fourth-order valence-corrected chi connectivity index (χ4v) is 1.64. The highest BCUT2D eigenvalue weighted by molar-refractivity contribution is 9.10. The lowest BCUT2D eigenvalue weighted by Gasteiger charge is -2.00. The van der Waals surface area contributed by atoms with Crippen molar-refractivity contribution in [3.05, 3.63) is 28.2 Å². The van der Waals surface area contributed by atoms with Crippen LogP contribution in [0.5, 0.6) is 11.5 Å². The molecule has 1 radical (unpaired) electrons. The molecule has 0 amide bonds. The highest BCUT2D eigenvalue weighted by Gasteiger charge is 2.14. The fraction of sp³-hybridized carbons (Fsp3) is 0.100. The molecular formula is C10H6BrO3. The molecule has 0 fully saturated rings. The zero-order chi connectivity index (χ0) is 9.97. The molecule has 0 bridgehead atoms. The molecule has 0 spiro atoms. The number of hydrogen-bond acceptors (Lipinski definition) is 3. The standard InChI is InChI=1S/C10H6BrO3/c11-8-5-10-9(13-6-14-10)4-7(8)2-1-3-12/h1-2,4-5H,6H2. The Hall–Kier alpha value is -1.29. The molecule has 1 heterocycles. The van der Waals surface area contributed by atoms with Crippen LogP contribution in [0.2, 0.25) is 0 Å². The topological polar surface area (TPSA) is 35.5 Å². The van der Waals surface area contributed by atoms with E-state index in [0.717, 1.165) is 10.0 Å². The smallest absolute Gasteiger partial charge is 0.231 e. The summed E-state index contributed by atoms with van der Waals surface area (Å²) in [6, 6.07) is 3.62. The minimum Gasteiger partial charge on any atom is -0.454 e. The number of fused-ring (bicyclic) bond motifs is 1. The highest BCUT2D eigenvalue weighted by Crippen LogP contribution is 2.37. The molecule has 0 saturated carbocycles. The summed E-state index contributed by atoms with van der Waals surface area (Å²) in [4.78, 5) is 10.0. The Morgan fingerprint density at radius 1 is 1.36 bits per heavy atom. The van der Waals surface area contributed by atoms with E-state index in [1.165, 1.54) is 6.08 Å². The summed E-state index contributed by atoms with van der Waals surface area (Å²) in [7, 11) is 0. The maximum atomic E-state index is 10.0. The number of ether oxygens (including phenoxy) is 2. The van der Waals surface area contributed by atoms with Crippen molar-refractivity contribution in [2.45, 2.75) is 0 Å². The molecule has 0 unspecified atom stereocenters. The summed E-state index contributed by atoms with van der Waals surface area (Å²) in [6.45, 7) is 0.245. The Bertz CT molecular complexity index is 399. The molecule has 1 aliphatic rings. The highest BCUT2D eigenvalue weighted by atomic mass is 79.9. The largest absolute Gasteiger partial charge is 0.454 e. The second-order valence-electron chi connectivity index (χ2n) is 2.68. The van der Waals surface area contributed by atoms with E-state index in [-0.39, 0.29) is 6.79 Å². The summed E-state index contributed by atoms with van der Waals surface area (Å²) in [5.74, 6) is 1.41. The van der Waals surface area contributed by atoms with Gasteiger partial charge in [-0.15, -0.1) is 0 Å². The van der Waals surface area contributed by atoms with Gasteiger partial charge >= 0.3 is 0 Å². The second kappa shape index (κ2) is 3.84. The van der Waals surface area contributed by atoms with Crippen molar-refractivity contribution < 1.29 is 14.3 Å². The molecule has 4 heteroatoms. The summed E-state index contributed by atoms with van der Waals surface area (Å²) >= 11 is 3.36. The number of carbonyl (C=O) groups excluding carboxylic acids is 1. The van der Waals surface area contributed by atoms with E-state index in [9.17, 15) is 4.79 Å². The van der Waals surface area contributed by atoms with Crippen LogP contribution >= 0.6 is 15.9 Å². The molecule has 1 aromatic carbocycles. The van der Waals surface area contributed by atoms with Gasteiger partial charge in [-0.2, -0.15) is 0 Å². The van der Waals surface area contributed by atoms with Crippen LogP contribution in [0.1, 0.15) is 5.56 Å². The predicted molar refractivity (Wildman–Crippen MR) is 55.0 cm³/mol. The first kappa shape index (κ1) is 9.27. The van der Waals surface area contributed by atoms with Crippen LogP contribution in [0, 0.1) is 0 Å². The van der Waals surface area contributed by atoms with Crippen LogP contribution in [0.3, 0.4) is 0 Å². The number of benzene rings is 1. The lowest BCUT2D eigenvalue weighted by Crippen LogP contribution is -1.92. The number of halogens is 1. The van der Waals surface area contributed by atoms with Gasteiger partial charge in [0.2, 0.25) is 13.1 Å². The summed E-state index contributed by atoms with van der Waals surface area (Å²) in [5.41, 5.74) is 0.859. The van der Waals surface area contributed by atoms with E-state index < -0.39 is 0 Å². The molecule has 1 aromatic rings. The number of rotatable bonds is 2. The maximum absolute atomic E-state index is 10.0. The Kier molecular flexibility index (Phi) is 2.54. The Morgan fingerprint density at radius 2 is 2.07 bits per heavy atom. The lowest BCUT2D eigenvalue weighted by atomic mass is 10.2. The Morgan fingerprint density at radius 3 is 2.79 bits per heavy atom. The van der Waals surface area contributed by atoms with Crippen LogP contribution in [-0.4, -0.2) is 13.1 Å². The van der Waals surface area contributed by atoms with Crippen LogP contribution in [-0.2, 0) is 4.79 Å². The third-order valence-corrected chi connectivity index (χ3v) is 2.51. The van der Waals surface area contributed by atoms with Crippen molar-refractivity contribution >= 4 is 28.3 Å². The molecule has 3 nitrogen and oxygen atoms in total. The van der Waals surface area contributed by atoms with Crippen molar-refractivity contribution in [1.82, 2.24) is 0 Å². The first-order chi connectivity index (χ1) is 6.81. The number of hydrogen-bond donors (Lipinski definition) is 0. The molecule has 0 saturated heterocycles. The van der Waals surface area contributed by atoms with E-state index in [1.807, 2.05) is 6.07 Å². The quantitative estimate of drug-likeness (QED) is 0.759. The minimum atomic E-state index is 0.245. The molecule has 0 N–H and O–H groups in total. The average molecular weight is 254 g/mol. The van der Waals surface area contributed by atoms with Crippen molar-refractivity contribution in [3.63, 3.8) is 0 Å². The molecule has 0 atom stereocenters. The van der Waals surface area contributed by atoms with Gasteiger partial charge in [0.25, 0.3) is 0 Å². The van der Waals surface area contributed by atoms with Gasteiger partial charge in [0, 0.05) is 4.47 Å². The fourth-order valence-electron chi connectivity index (χ4n) is 1.18. The van der Waals surface area contributed by atoms with Gasteiger partial charge in [-0.1, -0.05) is 15.9 Å². The molecule has 1 aliphatic heterocycles. The van der Waals surface area contributed by atoms with Gasteiger partial charge in [0.15, 0.2) is 11.5 Å². The summed E-state index contributed by atoms with van der Waals surface area (Å²) in [5, 5.41) is 0. The molecular weight excluding hydrogens is 248 g/mol. The average Bonchev–Trinajstić information content (AvgIpc) is 2.61. The van der Waals surface area contributed by atoms with Crippen molar-refractivity contribution in [1.29, 1.82) is 0 Å².